The van der Waals surface area contributed by atoms with Gasteiger partial charge in [0.2, 0.25) is 5.95 Å². The molecule has 4 heterocycles. The average Bonchev–Trinajstić information content (AvgIpc) is 3.45. The van der Waals surface area contributed by atoms with Crippen molar-refractivity contribution in [2.75, 3.05) is 24.4 Å². The number of benzene rings is 1. The van der Waals surface area contributed by atoms with Gasteiger partial charge >= 0.3 is 0 Å². The van der Waals surface area contributed by atoms with Gasteiger partial charge in [-0.1, -0.05) is 6.07 Å². The van der Waals surface area contributed by atoms with Crippen LogP contribution in [0.2, 0.25) is 0 Å². The van der Waals surface area contributed by atoms with E-state index >= 15 is 0 Å². The molecule has 0 spiro atoms. The number of ether oxygens (including phenoxy) is 2. The zero-order chi connectivity index (χ0) is 24.6. The fraction of sp³-hybridized carbons (Fsp3) is 0.360. The monoisotopic (exact) mass is 472 g/mol. The van der Waals surface area contributed by atoms with Crippen LogP contribution in [0.1, 0.15) is 32.3 Å². The standard InChI is InChI=1S/C25H28N8O2/c1-25(2)10-18(7-8-35-25)29-23-21-16(11-26)12-27-22(21)31-24(32-23)30-19-6-5-15(9-20(19)34-4)17-13-28-33(3)14-17/h5-6,9,12-14,18H,7-8,10H2,1-4H3,(H3,27,29,30,31,32). The molecule has 0 aliphatic carbocycles. The minimum absolute atomic E-state index is 0.166. The maximum atomic E-state index is 9.62. The van der Waals surface area contributed by atoms with Crippen molar-refractivity contribution >= 4 is 28.5 Å². The van der Waals surface area contributed by atoms with Crippen molar-refractivity contribution in [1.82, 2.24) is 24.7 Å². The molecule has 1 aromatic carbocycles. The Morgan fingerprint density at radius 3 is 2.86 bits per heavy atom. The molecule has 10 nitrogen and oxygen atoms in total. The molecule has 3 N–H and O–H groups in total. The molecule has 5 rings (SSSR count). The van der Waals surface area contributed by atoms with Crippen LogP contribution in [0.25, 0.3) is 22.2 Å². The Morgan fingerprint density at radius 1 is 1.29 bits per heavy atom. The summed E-state index contributed by atoms with van der Waals surface area (Å²) in [5.74, 6) is 1.66. The summed E-state index contributed by atoms with van der Waals surface area (Å²) in [6.45, 7) is 4.84. The number of anilines is 3. The second kappa shape index (κ2) is 8.92. The Balaban J connectivity index is 1.48. The number of nitrogens with one attached hydrogen (secondary N) is 3. The molecular formula is C25H28N8O2. The van der Waals surface area contributed by atoms with Gasteiger partial charge in [0, 0.05) is 37.7 Å². The quantitative estimate of drug-likeness (QED) is 0.378. The summed E-state index contributed by atoms with van der Waals surface area (Å²) in [6.07, 6.45) is 7.11. The summed E-state index contributed by atoms with van der Waals surface area (Å²) in [5.41, 5.74) is 3.57. The van der Waals surface area contributed by atoms with Crippen molar-refractivity contribution in [1.29, 1.82) is 5.26 Å². The van der Waals surface area contributed by atoms with Crippen LogP contribution in [0, 0.1) is 11.3 Å². The van der Waals surface area contributed by atoms with Crippen LogP contribution < -0.4 is 15.4 Å². The Hall–Kier alpha value is -4.10. The van der Waals surface area contributed by atoms with Crippen molar-refractivity contribution in [2.24, 2.45) is 7.05 Å². The van der Waals surface area contributed by atoms with Crippen molar-refractivity contribution in [2.45, 2.75) is 38.3 Å². The van der Waals surface area contributed by atoms with Crippen molar-refractivity contribution in [3.05, 3.63) is 42.4 Å². The topological polar surface area (TPSA) is 126 Å². The number of aromatic nitrogens is 5. The van der Waals surface area contributed by atoms with Crippen LogP contribution >= 0.6 is 0 Å². The number of rotatable bonds is 6. The molecule has 1 fully saturated rings. The van der Waals surface area contributed by atoms with Gasteiger partial charge in [-0.05, 0) is 44.4 Å². The number of aryl methyl sites for hydroxylation is 1. The van der Waals surface area contributed by atoms with Gasteiger partial charge < -0.3 is 25.1 Å². The molecule has 1 atom stereocenters. The second-order valence-electron chi connectivity index (χ2n) is 9.32. The van der Waals surface area contributed by atoms with E-state index in [1.807, 2.05) is 37.6 Å². The van der Waals surface area contributed by atoms with E-state index in [1.165, 1.54) is 0 Å². The van der Waals surface area contributed by atoms with E-state index in [9.17, 15) is 5.26 Å². The Kier molecular flexibility index (Phi) is 5.78. The number of methoxy groups -OCH3 is 1. The van der Waals surface area contributed by atoms with Gasteiger partial charge in [-0.25, -0.2) is 0 Å². The molecule has 1 aliphatic rings. The molecule has 0 saturated carbocycles. The maximum absolute atomic E-state index is 9.62. The van der Waals surface area contributed by atoms with E-state index in [4.69, 9.17) is 14.5 Å². The van der Waals surface area contributed by atoms with Crippen LogP contribution in [0.4, 0.5) is 17.5 Å². The summed E-state index contributed by atoms with van der Waals surface area (Å²) < 4.78 is 13.3. The normalized spacial score (nSPS) is 17.2. The number of nitriles is 1. The highest BCUT2D eigenvalue weighted by Gasteiger charge is 2.30. The largest absolute Gasteiger partial charge is 0.495 e. The number of H-pyrrole nitrogens is 1. The minimum Gasteiger partial charge on any atom is -0.495 e. The molecule has 1 saturated heterocycles. The predicted octanol–water partition coefficient (Wildman–Crippen LogP) is 4.35. The molecular weight excluding hydrogens is 444 g/mol. The molecule has 0 bridgehead atoms. The maximum Gasteiger partial charge on any atom is 0.231 e. The van der Waals surface area contributed by atoms with Crippen molar-refractivity contribution < 1.29 is 9.47 Å². The average molecular weight is 473 g/mol. The van der Waals surface area contributed by atoms with Gasteiger partial charge in [-0.3, -0.25) is 4.68 Å². The smallest absolute Gasteiger partial charge is 0.231 e. The Labute approximate surface area is 203 Å². The van der Waals surface area contributed by atoms with Gasteiger partial charge in [-0.2, -0.15) is 20.3 Å². The lowest BCUT2D eigenvalue weighted by molar-refractivity contribution is -0.0553. The van der Waals surface area contributed by atoms with Crippen LogP contribution in [0.15, 0.2) is 36.8 Å². The molecule has 4 aromatic rings. The van der Waals surface area contributed by atoms with E-state index in [0.717, 1.165) is 29.7 Å². The zero-order valence-corrected chi connectivity index (χ0v) is 20.2. The molecule has 10 heteroatoms. The number of hydrogen-bond donors (Lipinski definition) is 3. The van der Waals surface area contributed by atoms with Crippen LogP contribution in [0.5, 0.6) is 5.75 Å². The highest BCUT2D eigenvalue weighted by Crippen LogP contribution is 2.34. The lowest BCUT2D eigenvalue weighted by Gasteiger charge is -2.36. The van der Waals surface area contributed by atoms with Gasteiger partial charge in [0.15, 0.2) is 0 Å². The molecule has 35 heavy (non-hydrogen) atoms. The molecule has 3 aromatic heterocycles. The van der Waals surface area contributed by atoms with Gasteiger partial charge in [0.05, 0.1) is 35.5 Å². The first-order valence-corrected chi connectivity index (χ1v) is 11.5. The lowest BCUT2D eigenvalue weighted by Crippen LogP contribution is -2.40. The van der Waals surface area contributed by atoms with E-state index in [1.54, 1.807) is 18.0 Å². The minimum atomic E-state index is -0.220. The molecule has 0 radical (unpaired) electrons. The van der Waals surface area contributed by atoms with Crippen LogP contribution in [-0.2, 0) is 11.8 Å². The molecule has 1 unspecified atom stereocenters. The summed E-state index contributed by atoms with van der Waals surface area (Å²) in [6, 6.07) is 8.27. The van der Waals surface area contributed by atoms with Crippen molar-refractivity contribution in [3.63, 3.8) is 0 Å². The van der Waals surface area contributed by atoms with E-state index in [-0.39, 0.29) is 11.6 Å². The zero-order valence-electron chi connectivity index (χ0n) is 20.2. The highest BCUT2D eigenvalue weighted by atomic mass is 16.5. The first-order chi connectivity index (χ1) is 16.8. The molecule has 0 amide bonds. The van der Waals surface area contributed by atoms with Crippen LogP contribution in [-0.4, -0.2) is 50.1 Å². The van der Waals surface area contributed by atoms with Gasteiger partial charge in [0.1, 0.15) is 23.3 Å². The number of hydrogen-bond acceptors (Lipinski definition) is 8. The summed E-state index contributed by atoms with van der Waals surface area (Å²) in [4.78, 5) is 12.5. The van der Waals surface area contributed by atoms with E-state index in [0.29, 0.717) is 40.7 Å². The Bertz CT molecular complexity index is 1410. The third kappa shape index (κ3) is 4.63. The molecule has 1 aliphatic heterocycles. The third-order valence-electron chi connectivity index (χ3n) is 6.18. The molecule has 180 valence electrons. The SMILES string of the molecule is COc1cc(-c2cnn(C)c2)ccc1Nc1nc(NC2CCOC(C)(C)C2)c2c(C#N)c[nH]c2n1. The van der Waals surface area contributed by atoms with Gasteiger partial charge in [0.25, 0.3) is 0 Å². The number of nitrogens with zero attached hydrogens (tertiary/aromatic N) is 5. The summed E-state index contributed by atoms with van der Waals surface area (Å²) >= 11 is 0. The third-order valence-corrected chi connectivity index (χ3v) is 6.18. The van der Waals surface area contributed by atoms with Crippen molar-refractivity contribution in [3.8, 4) is 22.9 Å². The first-order valence-electron chi connectivity index (χ1n) is 11.5. The fourth-order valence-corrected chi connectivity index (χ4v) is 4.49. The number of fused-ring (bicyclic) bond motifs is 1. The van der Waals surface area contributed by atoms with E-state index in [2.05, 4.69) is 45.6 Å². The fourth-order valence-electron chi connectivity index (χ4n) is 4.49. The Morgan fingerprint density at radius 2 is 2.14 bits per heavy atom. The second-order valence-corrected chi connectivity index (χ2v) is 9.32. The highest BCUT2D eigenvalue weighted by molar-refractivity contribution is 5.94. The summed E-state index contributed by atoms with van der Waals surface area (Å²) in [7, 11) is 3.51. The van der Waals surface area contributed by atoms with E-state index < -0.39 is 0 Å². The predicted molar refractivity (Wildman–Crippen MR) is 134 cm³/mol. The number of aromatic amines is 1. The first kappa shape index (κ1) is 22.7. The summed E-state index contributed by atoms with van der Waals surface area (Å²) in [5, 5.41) is 21.4. The van der Waals surface area contributed by atoms with Gasteiger partial charge in [-0.15, -0.1) is 0 Å². The van der Waals surface area contributed by atoms with Crippen LogP contribution in [0.3, 0.4) is 0 Å². The lowest BCUT2D eigenvalue weighted by atomic mass is 9.94.